The predicted molar refractivity (Wildman–Crippen MR) is 47.5 cm³/mol. The van der Waals surface area contributed by atoms with Crippen molar-refractivity contribution in [1.82, 2.24) is 0 Å². The molecule has 0 saturated heterocycles. The first kappa shape index (κ1) is 11.8. The van der Waals surface area contributed by atoms with E-state index in [2.05, 4.69) is 0 Å². The van der Waals surface area contributed by atoms with Crippen molar-refractivity contribution >= 4 is 12.0 Å². The second-order valence-corrected chi connectivity index (χ2v) is 2.76. The van der Waals surface area contributed by atoms with Crippen molar-refractivity contribution in [2.45, 2.75) is 0 Å². The standard InChI is InChI=1S/C10H4F3NO2/c11-7-3-9(13)8(12)2-5(7)1-6(4-14)10(15)16/h1-3H,(H,15,16). The second-order valence-electron chi connectivity index (χ2n) is 2.76. The van der Waals surface area contributed by atoms with Gasteiger partial charge in [-0.05, 0) is 12.1 Å². The van der Waals surface area contributed by atoms with Crippen LogP contribution in [-0.2, 0) is 4.79 Å². The highest BCUT2D eigenvalue weighted by Crippen LogP contribution is 2.16. The predicted octanol–water partition coefficient (Wildman–Crippen LogP) is 2.10. The molecule has 6 heteroatoms. The van der Waals surface area contributed by atoms with Gasteiger partial charge in [0.05, 0.1) is 0 Å². The third kappa shape index (κ3) is 2.39. The minimum atomic E-state index is -1.58. The number of rotatable bonds is 2. The van der Waals surface area contributed by atoms with Gasteiger partial charge in [-0.3, -0.25) is 0 Å². The highest BCUT2D eigenvalue weighted by Gasteiger charge is 2.11. The fraction of sp³-hybridized carbons (Fsp3) is 0. The lowest BCUT2D eigenvalue weighted by Gasteiger charge is -1.99. The van der Waals surface area contributed by atoms with Gasteiger partial charge in [0.2, 0.25) is 0 Å². The van der Waals surface area contributed by atoms with E-state index in [-0.39, 0.29) is 6.07 Å². The fourth-order valence-electron chi connectivity index (χ4n) is 0.946. The van der Waals surface area contributed by atoms with E-state index in [0.717, 1.165) is 0 Å². The van der Waals surface area contributed by atoms with Crippen molar-refractivity contribution in [3.8, 4) is 6.07 Å². The number of carboxylic acid groups (broad SMARTS) is 1. The van der Waals surface area contributed by atoms with Gasteiger partial charge >= 0.3 is 5.97 Å². The first-order valence-electron chi connectivity index (χ1n) is 3.95. The van der Waals surface area contributed by atoms with Crippen LogP contribution in [0.25, 0.3) is 6.08 Å². The maximum atomic E-state index is 13.0. The Labute approximate surface area is 88.0 Å². The molecule has 0 aliphatic carbocycles. The number of nitriles is 1. The summed E-state index contributed by atoms with van der Waals surface area (Å²) in [6.07, 6.45) is 0.625. The number of aliphatic carboxylic acids is 1. The maximum absolute atomic E-state index is 13.0. The largest absolute Gasteiger partial charge is 0.477 e. The molecule has 82 valence electrons. The molecule has 0 aliphatic heterocycles. The van der Waals surface area contributed by atoms with Crippen LogP contribution in [0.2, 0.25) is 0 Å². The Morgan fingerprint density at radius 1 is 1.25 bits per heavy atom. The summed E-state index contributed by atoms with van der Waals surface area (Å²) in [6, 6.07) is 2.04. The number of carboxylic acids is 1. The van der Waals surface area contributed by atoms with Crippen molar-refractivity contribution in [1.29, 1.82) is 5.26 Å². The molecule has 1 aromatic carbocycles. The SMILES string of the molecule is N#CC(=Cc1cc(F)c(F)cc1F)C(=O)O. The average Bonchev–Trinajstić information content (AvgIpc) is 2.21. The van der Waals surface area contributed by atoms with E-state index in [4.69, 9.17) is 10.4 Å². The van der Waals surface area contributed by atoms with Gasteiger partial charge in [-0.25, -0.2) is 18.0 Å². The van der Waals surface area contributed by atoms with E-state index < -0.39 is 34.6 Å². The minimum absolute atomic E-state index is 0.276. The molecule has 0 bridgehead atoms. The molecule has 16 heavy (non-hydrogen) atoms. The van der Waals surface area contributed by atoms with Gasteiger partial charge in [0.15, 0.2) is 11.6 Å². The zero-order valence-corrected chi connectivity index (χ0v) is 7.67. The molecule has 0 saturated carbocycles. The van der Waals surface area contributed by atoms with E-state index in [9.17, 15) is 18.0 Å². The Morgan fingerprint density at radius 3 is 2.31 bits per heavy atom. The summed E-state index contributed by atoms with van der Waals surface area (Å²) < 4.78 is 38.3. The van der Waals surface area contributed by atoms with Crippen molar-refractivity contribution in [3.63, 3.8) is 0 Å². The van der Waals surface area contributed by atoms with Crippen LogP contribution in [-0.4, -0.2) is 11.1 Å². The normalized spacial score (nSPS) is 11.0. The zero-order chi connectivity index (χ0) is 12.3. The van der Waals surface area contributed by atoms with Crippen molar-refractivity contribution in [2.24, 2.45) is 0 Å². The number of hydrogen-bond donors (Lipinski definition) is 1. The van der Waals surface area contributed by atoms with Crippen LogP contribution in [0.15, 0.2) is 17.7 Å². The molecule has 0 radical (unpaired) electrons. The van der Waals surface area contributed by atoms with Gasteiger partial charge in [-0.15, -0.1) is 0 Å². The Hall–Kier alpha value is -2.29. The molecule has 1 aromatic rings. The summed E-state index contributed by atoms with van der Waals surface area (Å²) >= 11 is 0. The number of carbonyl (C=O) groups is 1. The van der Waals surface area contributed by atoms with Gasteiger partial charge in [0.25, 0.3) is 0 Å². The molecule has 0 atom stereocenters. The monoisotopic (exact) mass is 227 g/mol. The summed E-state index contributed by atoms with van der Waals surface area (Å²) in [5, 5.41) is 16.9. The number of benzene rings is 1. The Kier molecular flexibility index (Phi) is 3.30. The molecule has 0 unspecified atom stereocenters. The quantitative estimate of drug-likeness (QED) is 0.478. The lowest BCUT2D eigenvalue weighted by Crippen LogP contribution is -1.99. The first-order valence-corrected chi connectivity index (χ1v) is 3.95. The van der Waals surface area contributed by atoms with Crippen LogP contribution in [0.4, 0.5) is 13.2 Å². The molecule has 0 amide bonds. The van der Waals surface area contributed by atoms with Crippen molar-refractivity contribution < 1.29 is 23.1 Å². The Bertz CT molecular complexity index is 518. The Balaban J connectivity index is 3.31. The van der Waals surface area contributed by atoms with Gasteiger partial charge in [0, 0.05) is 11.6 Å². The highest BCUT2D eigenvalue weighted by molar-refractivity contribution is 5.96. The molecule has 0 heterocycles. The molecular formula is C10H4F3NO2. The van der Waals surface area contributed by atoms with Crippen LogP contribution in [0, 0.1) is 28.8 Å². The summed E-state index contributed by atoms with van der Waals surface area (Å²) in [5.74, 6) is -5.43. The Morgan fingerprint density at radius 2 is 1.81 bits per heavy atom. The van der Waals surface area contributed by atoms with Crippen LogP contribution >= 0.6 is 0 Å². The van der Waals surface area contributed by atoms with E-state index in [0.29, 0.717) is 12.1 Å². The summed E-state index contributed by atoms with van der Waals surface area (Å²) in [5.41, 5.74) is -1.28. The lowest BCUT2D eigenvalue weighted by atomic mass is 10.1. The fourth-order valence-corrected chi connectivity index (χ4v) is 0.946. The molecule has 0 aromatic heterocycles. The number of halogens is 3. The van der Waals surface area contributed by atoms with Gasteiger partial charge in [-0.1, -0.05) is 0 Å². The summed E-state index contributed by atoms with van der Waals surface area (Å²) in [7, 11) is 0. The van der Waals surface area contributed by atoms with Crippen molar-refractivity contribution in [2.75, 3.05) is 0 Å². The topological polar surface area (TPSA) is 61.1 Å². The maximum Gasteiger partial charge on any atom is 0.346 e. The van der Waals surface area contributed by atoms with Gasteiger partial charge < -0.3 is 5.11 Å². The van der Waals surface area contributed by atoms with Gasteiger partial charge in [0.1, 0.15) is 17.5 Å². The summed E-state index contributed by atoms with van der Waals surface area (Å²) in [4.78, 5) is 10.4. The van der Waals surface area contributed by atoms with E-state index in [1.807, 2.05) is 0 Å². The molecule has 3 nitrogen and oxygen atoms in total. The molecule has 1 N–H and O–H groups in total. The minimum Gasteiger partial charge on any atom is -0.477 e. The van der Waals surface area contributed by atoms with Crippen LogP contribution < -0.4 is 0 Å². The average molecular weight is 227 g/mol. The van der Waals surface area contributed by atoms with Crippen LogP contribution in [0.1, 0.15) is 5.56 Å². The van der Waals surface area contributed by atoms with E-state index in [1.54, 1.807) is 0 Å². The smallest absolute Gasteiger partial charge is 0.346 e. The summed E-state index contributed by atoms with van der Waals surface area (Å²) in [6.45, 7) is 0. The lowest BCUT2D eigenvalue weighted by molar-refractivity contribution is -0.132. The zero-order valence-electron chi connectivity index (χ0n) is 7.67. The first-order chi connectivity index (χ1) is 7.45. The highest BCUT2D eigenvalue weighted by atomic mass is 19.2. The molecule has 0 fully saturated rings. The number of hydrogen-bond acceptors (Lipinski definition) is 2. The molecule has 0 aliphatic rings. The van der Waals surface area contributed by atoms with Gasteiger partial charge in [-0.2, -0.15) is 5.26 Å². The third-order valence-electron chi connectivity index (χ3n) is 1.69. The molecular weight excluding hydrogens is 223 g/mol. The third-order valence-corrected chi connectivity index (χ3v) is 1.69. The number of nitrogens with zero attached hydrogens (tertiary/aromatic N) is 1. The van der Waals surface area contributed by atoms with E-state index >= 15 is 0 Å². The molecule has 1 rings (SSSR count). The van der Waals surface area contributed by atoms with Crippen LogP contribution in [0.3, 0.4) is 0 Å². The second kappa shape index (κ2) is 4.49. The van der Waals surface area contributed by atoms with E-state index in [1.165, 1.54) is 6.07 Å². The van der Waals surface area contributed by atoms with Crippen molar-refractivity contribution in [3.05, 3.63) is 40.7 Å². The van der Waals surface area contributed by atoms with Crippen LogP contribution in [0.5, 0.6) is 0 Å². The molecule has 0 spiro atoms.